The summed E-state index contributed by atoms with van der Waals surface area (Å²) in [7, 11) is -2.37. The zero-order valence-electron chi connectivity index (χ0n) is 18.7. The van der Waals surface area contributed by atoms with Gasteiger partial charge in [0.05, 0.1) is 17.4 Å². The van der Waals surface area contributed by atoms with E-state index in [1.807, 2.05) is 0 Å². The maximum atomic E-state index is 12.9. The van der Waals surface area contributed by atoms with Gasteiger partial charge in [-0.25, -0.2) is 13.1 Å². The number of esters is 1. The van der Waals surface area contributed by atoms with Gasteiger partial charge in [0.2, 0.25) is 15.9 Å². The summed E-state index contributed by atoms with van der Waals surface area (Å²) >= 11 is 5.93. The van der Waals surface area contributed by atoms with Crippen molar-refractivity contribution in [1.29, 1.82) is 0 Å². The zero-order valence-corrected chi connectivity index (χ0v) is 20.3. The van der Waals surface area contributed by atoms with Crippen molar-refractivity contribution < 1.29 is 22.7 Å². The molecule has 176 valence electrons. The summed E-state index contributed by atoms with van der Waals surface area (Å²) in [4.78, 5) is 25.5. The van der Waals surface area contributed by atoms with Crippen LogP contribution in [-0.4, -0.2) is 39.0 Å². The lowest BCUT2D eigenvalue weighted by molar-refractivity contribution is -0.171. The maximum Gasteiger partial charge on any atom is 0.311 e. The molecule has 0 heterocycles. The number of rotatable bonds is 7. The lowest BCUT2D eigenvalue weighted by Gasteiger charge is -2.58. The minimum Gasteiger partial charge on any atom is -0.469 e. The van der Waals surface area contributed by atoms with E-state index >= 15 is 0 Å². The average molecular weight is 483 g/mol. The number of halogens is 1. The van der Waals surface area contributed by atoms with Crippen LogP contribution < -0.4 is 10.0 Å². The first kappa shape index (κ1) is 23.5. The number of amides is 1. The largest absolute Gasteiger partial charge is 0.469 e. The lowest BCUT2D eigenvalue weighted by Crippen LogP contribution is -2.61. The second kappa shape index (κ2) is 8.29. The fourth-order valence-corrected chi connectivity index (χ4v) is 8.17. The lowest BCUT2D eigenvalue weighted by atomic mass is 9.48. The van der Waals surface area contributed by atoms with E-state index in [1.54, 1.807) is 26.0 Å². The fourth-order valence-electron chi connectivity index (χ4n) is 6.46. The molecule has 0 spiro atoms. The van der Waals surface area contributed by atoms with E-state index in [2.05, 4.69) is 10.0 Å². The van der Waals surface area contributed by atoms with Crippen LogP contribution >= 0.6 is 11.6 Å². The molecule has 1 amide bonds. The van der Waals surface area contributed by atoms with E-state index in [1.165, 1.54) is 19.2 Å². The van der Waals surface area contributed by atoms with Gasteiger partial charge in [-0.2, -0.15) is 0 Å². The van der Waals surface area contributed by atoms with Crippen molar-refractivity contribution >= 4 is 33.5 Å². The van der Waals surface area contributed by atoms with Gasteiger partial charge in [-0.05, 0) is 81.9 Å². The summed E-state index contributed by atoms with van der Waals surface area (Å²) in [6, 6.07) is 6.05. The first-order valence-corrected chi connectivity index (χ1v) is 13.0. The Morgan fingerprint density at radius 2 is 1.84 bits per heavy atom. The molecule has 0 aliphatic heterocycles. The predicted molar refractivity (Wildman–Crippen MR) is 120 cm³/mol. The topological polar surface area (TPSA) is 102 Å². The highest BCUT2D eigenvalue weighted by molar-refractivity contribution is 7.89. The Kier molecular flexibility index (Phi) is 6.09. The van der Waals surface area contributed by atoms with Crippen molar-refractivity contribution in [2.24, 2.45) is 23.2 Å². The monoisotopic (exact) mass is 482 g/mol. The number of carbonyl (C=O) groups excluding carboxylic acids is 2. The van der Waals surface area contributed by atoms with Crippen LogP contribution in [-0.2, 0) is 24.3 Å². The second-order valence-corrected chi connectivity index (χ2v) is 12.6. The maximum absolute atomic E-state index is 12.9. The van der Waals surface area contributed by atoms with Crippen LogP contribution in [0.25, 0.3) is 0 Å². The van der Waals surface area contributed by atoms with Crippen LogP contribution in [0.2, 0.25) is 5.02 Å². The molecule has 4 aliphatic carbocycles. The summed E-state index contributed by atoms with van der Waals surface area (Å²) in [5, 5.41) is 3.51. The van der Waals surface area contributed by atoms with E-state index in [0.29, 0.717) is 10.9 Å². The Morgan fingerprint density at radius 3 is 2.44 bits per heavy atom. The molecule has 4 bridgehead atoms. The van der Waals surface area contributed by atoms with Gasteiger partial charge in [-0.1, -0.05) is 17.7 Å². The summed E-state index contributed by atoms with van der Waals surface area (Å²) in [5.41, 5.74) is -1.37. The molecule has 5 rings (SSSR count). The van der Waals surface area contributed by atoms with E-state index in [-0.39, 0.29) is 41.1 Å². The number of nitrogens with one attached hydrogen (secondary N) is 2. The molecule has 4 fully saturated rings. The Labute approximate surface area is 194 Å². The van der Waals surface area contributed by atoms with Gasteiger partial charge in [0, 0.05) is 23.0 Å². The highest BCUT2D eigenvalue weighted by atomic mass is 35.5. The molecule has 0 aromatic heterocycles. The van der Waals surface area contributed by atoms with E-state index in [4.69, 9.17) is 16.3 Å². The molecule has 32 heavy (non-hydrogen) atoms. The highest BCUT2D eigenvalue weighted by Crippen LogP contribution is 2.60. The van der Waals surface area contributed by atoms with Crippen LogP contribution in [0.15, 0.2) is 29.2 Å². The van der Waals surface area contributed by atoms with Gasteiger partial charge < -0.3 is 10.1 Å². The molecule has 2 unspecified atom stereocenters. The van der Waals surface area contributed by atoms with Gasteiger partial charge in [0.1, 0.15) is 0 Å². The Bertz CT molecular complexity index is 1010. The quantitative estimate of drug-likeness (QED) is 0.581. The number of carbonyl (C=O) groups is 2. The molecule has 1 aromatic rings. The molecule has 7 nitrogen and oxygen atoms in total. The standard InChI is InChI=1S/C23H31ClN2O5S/c1-22(2,26-32(29,30)18-6-4-5-17(24)9-18)13-19(27)25-20-15-7-14-8-16(20)12-23(10-14,11-15)21(28)31-3/h4-6,9,14-16,20,26H,7-8,10-13H2,1-3H3,(H,25,27)/t14?,15?,16?,20-,23-. The molecule has 2 atom stereocenters. The minimum absolute atomic E-state index is 0.00824. The summed E-state index contributed by atoms with van der Waals surface area (Å²) in [5.74, 6) is 0.735. The molecule has 2 N–H and O–H groups in total. The third-order valence-corrected chi connectivity index (χ3v) is 9.27. The molecular weight excluding hydrogens is 452 g/mol. The highest BCUT2D eigenvalue weighted by Gasteiger charge is 2.59. The van der Waals surface area contributed by atoms with Crippen LogP contribution in [0.5, 0.6) is 0 Å². The van der Waals surface area contributed by atoms with Crippen LogP contribution in [0.1, 0.15) is 52.4 Å². The van der Waals surface area contributed by atoms with Crippen molar-refractivity contribution in [2.75, 3.05) is 7.11 Å². The predicted octanol–water partition coefficient (Wildman–Crippen LogP) is 3.27. The van der Waals surface area contributed by atoms with Crippen LogP contribution in [0.3, 0.4) is 0 Å². The summed E-state index contributed by atoms with van der Waals surface area (Å²) in [6.07, 6.45) is 4.45. The zero-order chi connectivity index (χ0) is 23.3. The number of ether oxygens (including phenoxy) is 1. The third-order valence-electron chi connectivity index (χ3n) is 7.34. The molecule has 0 saturated heterocycles. The van der Waals surface area contributed by atoms with Crippen molar-refractivity contribution in [3.63, 3.8) is 0 Å². The second-order valence-electron chi connectivity index (χ2n) is 10.5. The van der Waals surface area contributed by atoms with Gasteiger partial charge in [-0.15, -0.1) is 0 Å². The molecular formula is C23H31ClN2O5S. The average Bonchev–Trinajstić information content (AvgIpc) is 2.68. The van der Waals surface area contributed by atoms with E-state index in [0.717, 1.165) is 32.1 Å². The summed E-state index contributed by atoms with van der Waals surface area (Å²) in [6.45, 7) is 3.38. The van der Waals surface area contributed by atoms with E-state index in [9.17, 15) is 18.0 Å². The SMILES string of the molecule is COC(=O)[C@]12CC3CC(C1)[C@@H](NC(=O)CC(C)(C)NS(=O)(=O)c1cccc(Cl)c1)C(C3)C2. The molecule has 4 saturated carbocycles. The Morgan fingerprint density at radius 1 is 1.19 bits per heavy atom. The van der Waals surface area contributed by atoms with Crippen LogP contribution in [0.4, 0.5) is 0 Å². The first-order valence-electron chi connectivity index (χ1n) is 11.1. The first-order chi connectivity index (χ1) is 14.9. The van der Waals surface area contributed by atoms with E-state index < -0.39 is 21.0 Å². The van der Waals surface area contributed by atoms with Crippen molar-refractivity contribution in [2.45, 2.75) is 68.8 Å². The smallest absolute Gasteiger partial charge is 0.311 e. The minimum atomic E-state index is -3.82. The molecule has 4 aliphatic rings. The molecule has 9 heteroatoms. The van der Waals surface area contributed by atoms with Gasteiger partial charge in [0.25, 0.3) is 0 Å². The number of hydrogen-bond acceptors (Lipinski definition) is 5. The van der Waals surface area contributed by atoms with Crippen molar-refractivity contribution in [3.05, 3.63) is 29.3 Å². The third kappa shape index (κ3) is 4.54. The Hall–Kier alpha value is -1.64. The Balaban J connectivity index is 1.40. The van der Waals surface area contributed by atoms with Crippen LogP contribution in [0, 0.1) is 23.2 Å². The number of hydrogen-bond donors (Lipinski definition) is 2. The number of methoxy groups -OCH3 is 1. The molecule has 0 radical (unpaired) electrons. The van der Waals surface area contributed by atoms with Crippen molar-refractivity contribution in [3.8, 4) is 0 Å². The summed E-state index contributed by atoms with van der Waals surface area (Å²) < 4.78 is 33.2. The molecule has 1 aromatic carbocycles. The van der Waals surface area contributed by atoms with Crippen molar-refractivity contribution in [1.82, 2.24) is 10.0 Å². The number of benzene rings is 1. The van der Waals surface area contributed by atoms with Gasteiger partial charge >= 0.3 is 5.97 Å². The van der Waals surface area contributed by atoms with Gasteiger partial charge in [0.15, 0.2) is 0 Å². The normalized spacial score (nSPS) is 31.4. The number of sulfonamides is 1. The van der Waals surface area contributed by atoms with Gasteiger partial charge in [-0.3, -0.25) is 9.59 Å². The fraction of sp³-hybridized carbons (Fsp3) is 0.652.